The second kappa shape index (κ2) is 8.52. The second-order valence-corrected chi connectivity index (χ2v) is 6.55. The van der Waals surface area contributed by atoms with E-state index >= 15 is 0 Å². The van der Waals surface area contributed by atoms with Gasteiger partial charge in [0.2, 0.25) is 0 Å². The molecule has 0 atom stereocenters. The molecule has 0 spiro atoms. The van der Waals surface area contributed by atoms with Crippen LogP contribution in [-0.2, 0) is 18.9 Å². The van der Waals surface area contributed by atoms with Gasteiger partial charge < -0.3 is 23.8 Å². The minimum absolute atomic E-state index is 0.354. The maximum absolute atomic E-state index is 12.0. The Balaban J connectivity index is 2.67. The first-order valence-electron chi connectivity index (χ1n) is 8.14. The van der Waals surface area contributed by atoms with Gasteiger partial charge in [-0.2, -0.15) is 0 Å². The highest BCUT2D eigenvalue weighted by Crippen LogP contribution is 2.26. The number of hydrogen-bond donors (Lipinski definition) is 0. The second-order valence-electron chi connectivity index (χ2n) is 6.55. The van der Waals surface area contributed by atoms with Crippen LogP contribution in [0.1, 0.15) is 34.6 Å². The van der Waals surface area contributed by atoms with Crippen molar-refractivity contribution in [2.24, 2.45) is 0 Å². The average Bonchev–Trinajstić information content (AvgIpc) is 2.44. The summed E-state index contributed by atoms with van der Waals surface area (Å²) in [6, 6.07) is 0. The van der Waals surface area contributed by atoms with E-state index in [0.29, 0.717) is 31.9 Å². The molecule has 1 heterocycles. The topological polar surface area (TPSA) is 57.2 Å². The molecule has 0 saturated carbocycles. The zero-order valence-electron chi connectivity index (χ0n) is 15.6. The third kappa shape index (κ3) is 5.82. The Morgan fingerprint density at radius 3 is 2.21 bits per heavy atom. The van der Waals surface area contributed by atoms with Gasteiger partial charge in [0.05, 0.1) is 18.7 Å². The van der Waals surface area contributed by atoms with Crippen LogP contribution in [0.15, 0.2) is 12.2 Å². The van der Waals surface area contributed by atoms with E-state index in [-0.39, 0.29) is 6.09 Å². The number of likely N-dealkylation sites (tertiary alicyclic amines) is 1. The van der Waals surface area contributed by atoms with Crippen LogP contribution >= 0.6 is 0 Å². The number of ether oxygens (including phenoxy) is 4. The Morgan fingerprint density at radius 1 is 1.25 bits per heavy atom. The molecule has 0 aliphatic carbocycles. The molecule has 0 aromatic heterocycles. The highest BCUT2D eigenvalue weighted by Gasteiger charge is 2.46. The molecule has 1 rings (SSSR count). The van der Waals surface area contributed by atoms with Crippen LogP contribution in [0.5, 0.6) is 0 Å². The quantitative estimate of drug-likeness (QED) is 0.550. The molecule has 0 unspecified atom stereocenters. The first kappa shape index (κ1) is 20.5. The molecule has 1 aliphatic rings. The summed E-state index contributed by atoms with van der Waals surface area (Å²) in [4.78, 5) is 13.6. The summed E-state index contributed by atoms with van der Waals surface area (Å²) < 4.78 is 21.7. The van der Waals surface area contributed by atoms with E-state index in [1.807, 2.05) is 34.6 Å². The molecule has 0 aromatic carbocycles. The van der Waals surface area contributed by atoms with Crippen molar-refractivity contribution < 1.29 is 23.7 Å². The van der Waals surface area contributed by atoms with Crippen LogP contribution in [0, 0.1) is 11.8 Å². The van der Waals surface area contributed by atoms with Gasteiger partial charge >= 0.3 is 6.09 Å². The minimum atomic E-state index is -0.706. The van der Waals surface area contributed by atoms with Crippen LogP contribution < -0.4 is 0 Å². The van der Waals surface area contributed by atoms with Crippen molar-refractivity contribution in [2.75, 3.05) is 33.4 Å². The van der Waals surface area contributed by atoms with Gasteiger partial charge in [-0.1, -0.05) is 18.4 Å². The summed E-state index contributed by atoms with van der Waals surface area (Å²) in [5.74, 6) is 6.00. The third-order valence-corrected chi connectivity index (χ3v) is 3.31. The van der Waals surface area contributed by atoms with Gasteiger partial charge in [0.25, 0.3) is 0 Å². The highest BCUT2D eigenvalue weighted by atomic mass is 16.7. The van der Waals surface area contributed by atoms with E-state index in [2.05, 4.69) is 18.4 Å². The number of carbonyl (C=O) groups is 1. The minimum Gasteiger partial charge on any atom is -0.444 e. The van der Waals surface area contributed by atoms with E-state index in [4.69, 9.17) is 18.9 Å². The molecular formula is C18H29NO5. The fourth-order valence-electron chi connectivity index (χ4n) is 2.09. The lowest BCUT2D eigenvalue weighted by Gasteiger charge is -2.45. The Morgan fingerprint density at radius 2 is 1.79 bits per heavy atom. The van der Waals surface area contributed by atoms with Crippen LogP contribution in [0.25, 0.3) is 0 Å². The lowest BCUT2D eigenvalue weighted by molar-refractivity contribution is -0.108. The van der Waals surface area contributed by atoms with E-state index in [9.17, 15) is 4.79 Å². The largest absolute Gasteiger partial charge is 0.444 e. The molecule has 6 nitrogen and oxygen atoms in total. The molecule has 6 heteroatoms. The maximum Gasteiger partial charge on any atom is 0.410 e. The number of carbonyl (C=O) groups excluding carboxylic acids is 1. The van der Waals surface area contributed by atoms with Gasteiger partial charge in [-0.25, -0.2) is 4.79 Å². The predicted molar refractivity (Wildman–Crippen MR) is 91.5 cm³/mol. The van der Waals surface area contributed by atoms with Crippen LogP contribution in [0.2, 0.25) is 0 Å². The standard InChI is InChI=1S/C18H29NO5/c1-8-22-15(23-9-2)14(3)10-11-18(21-7)12-19(13-18)16(20)24-17(4,5)6/h15H,3,8-9,12-13H2,1-2,4-7H3. The van der Waals surface area contributed by atoms with E-state index in [1.165, 1.54) is 0 Å². The number of methoxy groups -OCH3 is 1. The van der Waals surface area contributed by atoms with Crippen LogP contribution in [0.3, 0.4) is 0 Å². The van der Waals surface area contributed by atoms with Crippen molar-refractivity contribution in [1.82, 2.24) is 4.90 Å². The van der Waals surface area contributed by atoms with Gasteiger partial charge in [-0.3, -0.25) is 0 Å². The molecule has 0 radical (unpaired) electrons. The molecule has 0 N–H and O–H groups in total. The van der Waals surface area contributed by atoms with Gasteiger partial charge in [-0.15, -0.1) is 0 Å². The Hall–Kier alpha value is -1.55. The molecule has 0 bridgehead atoms. The van der Waals surface area contributed by atoms with Crippen molar-refractivity contribution in [3.05, 3.63) is 12.2 Å². The zero-order valence-corrected chi connectivity index (χ0v) is 15.6. The fraction of sp³-hybridized carbons (Fsp3) is 0.722. The van der Waals surface area contributed by atoms with Crippen molar-refractivity contribution >= 4 is 6.09 Å². The first-order chi connectivity index (χ1) is 11.2. The van der Waals surface area contributed by atoms with Crippen LogP contribution in [0.4, 0.5) is 4.79 Å². The van der Waals surface area contributed by atoms with Crippen molar-refractivity contribution in [3.8, 4) is 11.8 Å². The van der Waals surface area contributed by atoms with E-state index in [1.54, 1.807) is 12.0 Å². The average molecular weight is 339 g/mol. The lowest BCUT2D eigenvalue weighted by Crippen LogP contribution is -2.64. The summed E-state index contributed by atoms with van der Waals surface area (Å²) >= 11 is 0. The van der Waals surface area contributed by atoms with Gasteiger partial charge in [0.1, 0.15) is 5.60 Å². The maximum atomic E-state index is 12.0. The predicted octanol–water partition coefficient (Wildman–Crippen LogP) is 2.58. The van der Waals surface area contributed by atoms with Crippen molar-refractivity contribution in [2.45, 2.75) is 52.1 Å². The first-order valence-corrected chi connectivity index (χ1v) is 8.14. The fourth-order valence-corrected chi connectivity index (χ4v) is 2.09. The molecule has 1 aliphatic heterocycles. The summed E-state index contributed by atoms with van der Waals surface area (Å²) in [6.45, 7) is 14.9. The Kier molecular flexibility index (Phi) is 7.27. The number of hydrogen-bond acceptors (Lipinski definition) is 5. The summed E-state index contributed by atoms with van der Waals surface area (Å²) in [5, 5.41) is 0. The van der Waals surface area contributed by atoms with Crippen LogP contribution in [-0.4, -0.2) is 61.9 Å². The molecule has 0 aromatic rings. The SMILES string of the molecule is C=C(C#CC1(OC)CN(C(=O)OC(C)(C)C)C1)C(OCC)OCC. The normalized spacial score (nSPS) is 16.2. The Bertz CT molecular complexity index is 500. The third-order valence-electron chi connectivity index (χ3n) is 3.31. The number of amides is 1. The summed E-state index contributed by atoms with van der Waals surface area (Å²) in [6.07, 6.45) is -0.916. The number of rotatable bonds is 6. The monoisotopic (exact) mass is 339 g/mol. The van der Waals surface area contributed by atoms with E-state index < -0.39 is 17.5 Å². The van der Waals surface area contributed by atoms with Gasteiger partial charge in [-0.05, 0) is 34.6 Å². The summed E-state index contributed by atoms with van der Waals surface area (Å²) in [5.41, 5.74) is -0.696. The van der Waals surface area contributed by atoms with Gasteiger partial charge in [0, 0.05) is 20.3 Å². The highest BCUT2D eigenvalue weighted by molar-refractivity contribution is 5.70. The van der Waals surface area contributed by atoms with Crippen molar-refractivity contribution in [3.63, 3.8) is 0 Å². The molecule has 1 saturated heterocycles. The zero-order chi connectivity index (χ0) is 18.4. The molecule has 1 amide bonds. The van der Waals surface area contributed by atoms with Crippen molar-refractivity contribution in [1.29, 1.82) is 0 Å². The number of nitrogens with zero attached hydrogens (tertiary/aromatic N) is 1. The molecular weight excluding hydrogens is 310 g/mol. The van der Waals surface area contributed by atoms with E-state index in [0.717, 1.165) is 0 Å². The molecule has 136 valence electrons. The lowest BCUT2D eigenvalue weighted by atomic mass is 9.94. The summed E-state index contributed by atoms with van der Waals surface area (Å²) in [7, 11) is 1.58. The Labute approximate surface area is 145 Å². The van der Waals surface area contributed by atoms with Gasteiger partial charge in [0.15, 0.2) is 11.9 Å². The smallest absolute Gasteiger partial charge is 0.410 e. The molecule has 24 heavy (non-hydrogen) atoms. The molecule has 1 fully saturated rings.